The highest BCUT2D eigenvalue weighted by Crippen LogP contribution is 1.94. The number of hydrogen-bond donors (Lipinski definition) is 1. The van der Waals surface area contributed by atoms with E-state index in [2.05, 4.69) is 6.58 Å². The lowest BCUT2D eigenvalue weighted by atomic mass is 10.2. The zero-order valence-electron chi connectivity index (χ0n) is 7.30. The molecule has 0 aromatic heterocycles. The van der Waals surface area contributed by atoms with Crippen molar-refractivity contribution < 1.29 is 9.47 Å². The molecular weight excluding hydrogens is 142 g/mol. The summed E-state index contributed by atoms with van der Waals surface area (Å²) in [6, 6.07) is -0.0492. The summed E-state index contributed by atoms with van der Waals surface area (Å²) in [5.74, 6) is 0. The molecule has 0 rings (SSSR count). The summed E-state index contributed by atoms with van der Waals surface area (Å²) in [6.07, 6.45) is 0. The van der Waals surface area contributed by atoms with Crippen LogP contribution in [0.3, 0.4) is 0 Å². The fraction of sp³-hybridized carbons (Fsp3) is 0.750. The minimum Gasteiger partial charge on any atom is -0.382 e. The molecule has 66 valence electrons. The molecule has 0 radical (unpaired) electrons. The highest BCUT2D eigenvalue weighted by Gasteiger charge is 2.01. The van der Waals surface area contributed by atoms with E-state index in [4.69, 9.17) is 15.2 Å². The predicted molar refractivity (Wildman–Crippen MR) is 45.5 cm³/mol. The molecule has 0 fully saturated rings. The molecule has 0 aromatic rings. The molecule has 0 aromatic carbocycles. The normalized spacial score (nSPS) is 13.0. The van der Waals surface area contributed by atoms with Gasteiger partial charge in [-0.25, -0.2) is 0 Å². The highest BCUT2D eigenvalue weighted by atomic mass is 16.5. The van der Waals surface area contributed by atoms with E-state index in [-0.39, 0.29) is 6.04 Å². The molecule has 0 heterocycles. The Bertz CT molecular complexity index is 115. The van der Waals surface area contributed by atoms with Crippen LogP contribution in [0.15, 0.2) is 12.2 Å². The Hall–Kier alpha value is -0.380. The summed E-state index contributed by atoms with van der Waals surface area (Å²) in [5.41, 5.74) is 6.58. The van der Waals surface area contributed by atoms with Crippen LogP contribution in [0.25, 0.3) is 0 Å². The van der Waals surface area contributed by atoms with Crippen LogP contribution in [-0.2, 0) is 9.47 Å². The second-order valence-corrected chi connectivity index (χ2v) is 2.52. The Balaban J connectivity index is 3.17. The Kier molecular flexibility index (Phi) is 6.12. The monoisotopic (exact) mass is 159 g/mol. The average Bonchev–Trinajstić information content (AvgIpc) is 1.97. The zero-order chi connectivity index (χ0) is 8.69. The summed E-state index contributed by atoms with van der Waals surface area (Å²) >= 11 is 0. The second kappa shape index (κ2) is 6.34. The summed E-state index contributed by atoms with van der Waals surface area (Å²) in [4.78, 5) is 0. The molecule has 0 aliphatic heterocycles. The lowest BCUT2D eigenvalue weighted by molar-refractivity contribution is 0.0673. The summed E-state index contributed by atoms with van der Waals surface area (Å²) in [5, 5.41) is 0. The van der Waals surface area contributed by atoms with Gasteiger partial charge in [0.25, 0.3) is 0 Å². The van der Waals surface area contributed by atoms with Crippen molar-refractivity contribution in [3.05, 3.63) is 12.2 Å². The molecule has 0 aliphatic rings. The third-order valence-corrected chi connectivity index (χ3v) is 1.36. The van der Waals surface area contributed by atoms with Crippen molar-refractivity contribution in [3.8, 4) is 0 Å². The molecule has 1 unspecified atom stereocenters. The van der Waals surface area contributed by atoms with Crippen LogP contribution in [0.4, 0.5) is 0 Å². The van der Waals surface area contributed by atoms with Crippen molar-refractivity contribution >= 4 is 0 Å². The third-order valence-electron chi connectivity index (χ3n) is 1.36. The summed E-state index contributed by atoms with van der Waals surface area (Å²) < 4.78 is 9.98. The topological polar surface area (TPSA) is 44.5 Å². The molecule has 0 saturated carbocycles. The number of hydrogen-bond acceptors (Lipinski definition) is 3. The van der Waals surface area contributed by atoms with Gasteiger partial charge >= 0.3 is 0 Å². The van der Waals surface area contributed by atoms with Gasteiger partial charge in [0, 0.05) is 13.2 Å². The van der Waals surface area contributed by atoms with Gasteiger partial charge in [-0.2, -0.15) is 0 Å². The maximum absolute atomic E-state index is 5.63. The predicted octanol–water partition coefficient (Wildman–Crippen LogP) is 0.553. The Morgan fingerprint density at radius 2 is 2.18 bits per heavy atom. The van der Waals surface area contributed by atoms with E-state index in [0.717, 1.165) is 5.57 Å². The van der Waals surface area contributed by atoms with Gasteiger partial charge in [0.05, 0.1) is 19.8 Å². The summed E-state index contributed by atoms with van der Waals surface area (Å²) in [7, 11) is 1.64. The van der Waals surface area contributed by atoms with Crippen LogP contribution in [0, 0.1) is 0 Å². The first-order valence-corrected chi connectivity index (χ1v) is 3.66. The number of rotatable bonds is 6. The van der Waals surface area contributed by atoms with Crippen LogP contribution in [0.5, 0.6) is 0 Å². The van der Waals surface area contributed by atoms with Gasteiger partial charge < -0.3 is 15.2 Å². The lowest BCUT2D eigenvalue weighted by Crippen LogP contribution is -2.27. The van der Waals surface area contributed by atoms with E-state index < -0.39 is 0 Å². The molecule has 11 heavy (non-hydrogen) atoms. The molecule has 0 amide bonds. The van der Waals surface area contributed by atoms with E-state index in [9.17, 15) is 0 Å². The van der Waals surface area contributed by atoms with Crippen molar-refractivity contribution in [2.45, 2.75) is 13.0 Å². The molecule has 1 atom stereocenters. The van der Waals surface area contributed by atoms with E-state index >= 15 is 0 Å². The van der Waals surface area contributed by atoms with Gasteiger partial charge in [-0.1, -0.05) is 12.2 Å². The van der Waals surface area contributed by atoms with Gasteiger partial charge in [-0.05, 0) is 6.92 Å². The fourth-order valence-electron chi connectivity index (χ4n) is 0.495. The van der Waals surface area contributed by atoms with Gasteiger partial charge in [-0.15, -0.1) is 0 Å². The molecule has 0 spiro atoms. The first kappa shape index (κ1) is 10.6. The standard InChI is InChI=1S/C8H17NO2/c1-7(2)8(9)6-11-5-4-10-3/h8H,1,4-6,9H2,2-3H3. The number of nitrogens with two attached hydrogens (primary N) is 1. The smallest absolute Gasteiger partial charge is 0.0701 e. The van der Waals surface area contributed by atoms with Gasteiger partial charge in [-0.3, -0.25) is 0 Å². The van der Waals surface area contributed by atoms with E-state index in [1.54, 1.807) is 7.11 Å². The molecule has 0 aliphatic carbocycles. The van der Waals surface area contributed by atoms with Crippen molar-refractivity contribution in [1.82, 2.24) is 0 Å². The third kappa shape index (κ3) is 6.04. The Morgan fingerprint density at radius 1 is 1.55 bits per heavy atom. The lowest BCUT2D eigenvalue weighted by Gasteiger charge is -2.10. The van der Waals surface area contributed by atoms with Crippen LogP contribution in [0.1, 0.15) is 6.92 Å². The average molecular weight is 159 g/mol. The molecule has 0 bridgehead atoms. The first-order valence-electron chi connectivity index (χ1n) is 3.66. The maximum atomic E-state index is 5.63. The SMILES string of the molecule is C=C(C)C(N)COCCOC. The minimum absolute atomic E-state index is 0.0492. The molecule has 3 nitrogen and oxygen atoms in total. The van der Waals surface area contributed by atoms with Crippen molar-refractivity contribution in [2.75, 3.05) is 26.9 Å². The Morgan fingerprint density at radius 3 is 2.64 bits per heavy atom. The van der Waals surface area contributed by atoms with Crippen LogP contribution >= 0.6 is 0 Å². The van der Waals surface area contributed by atoms with Gasteiger partial charge in [0.1, 0.15) is 0 Å². The minimum atomic E-state index is -0.0492. The molecule has 0 saturated heterocycles. The van der Waals surface area contributed by atoms with Crippen LogP contribution in [-0.4, -0.2) is 33.0 Å². The Labute approximate surface area is 68.2 Å². The molecule has 3 heteroatoms. The van der Waals surface area contributed by atoms with Crippen molar-refractivity contribution in [3.63, 3.8) is 0 Å². The first-order chi connectivity index (χ1) is 5.18. The van der Waals surface area contributed by atoms with Crippen molar-refractivity contribution in [2.24, 2.45) is 5.73 Å². The quantitative estimate of drug-likeness (QED) is 0.455. The second-order valence-electron chi connectivity index (χ2n) is 2.52. The number of methoxy groups -OCH3 is 1. The van der Waals surface area contributed by atoms with Crippen LogP contribution in [0.2, 0.25) is 0 Å². The number of ether oxygens (including phenoxy) is 2. The van der Waals surface area contributed by atoms with Crippen LogP contribution < -0.4 is 5.73 Å². The van der Waals surface area contributed by atoms with E-state index in [1.165, 1.54) is 0 Å². The summed E-state index contributed by atoms with van der Waals surface area (Å²) in [6.45, 7) is 7.35. The van der Waals surface area contributed by atoms with Crippen molar-refractivity contribution in [1.29, 1.82) is 0 Å². The molecular formula is C8H17NO2. The van der Waals surface area contributed by atoms with Gasteiger partial charge in [0.2, 0.25) is 0 Å². The van der Waals surface area contributed by atoms with E-state index in [0.29, 0.717) is 19.8 Å². The van der Waals surface area contributed by atoms with Gasteiger partial charge in [0.15, 0.2) is 0 Å². The largest absolute Gasteiger partial charge is 0.382 e. The zero-order valence-corrected chi connectivity index (χ0v) is 7.30. The molecule has 2 N–H and O–H groups in total. The maximum Gasteiger partial charge on any atom is 0.0701 e. The highest BCUT2D eigenvalue weighted by molar-refractivity contribution is 4.99. The van der Waals surface area contributed by atoms with E-state index in [1.807, 2.05) is 6.92 Å². The fourth-order valence-corrected chi connectivity index (χ4v) is 0.495.